The Morgan fingerprint density at radius 2 is 2.25 bits per heavy atom. The number of thioether (sulfide) groups is 1. The third-order valence-electron chi connectivity index (χ3n) is 3.82. The van der Waals surface area contributed by atoms with Gasteiger partial charge in [-0.3, -0.25) is 9.89 Å². The molecule has 1 aliphatic rings. The van der Waals surface area contributed by atoms with Gasteiger partial charge in [-0.15, -0.1) is 5.10 Å². The average Bonchev–Trinajstić information content (AvgIpc) is 3.08. The second kappa shape index (κ2) is 7.67. The van der Waals surface area contributed by atoms with Crippen LogP contribution in [0.15, 0.2) is 5.16 Å². The number of nitrogens with zero attached hydrogens (tertiary/aromatic N) is 2. The van der Waals surface area contributed by atoms with E-state index >= 15 is 0 Å². The van der Waals surface area contributed by atoms with Crippen LogP contribution in [-0.4, -0.2) is 32.9 Å². The van der Waals surface area contributed by atoms with E-state index in [-0.39, 0.29) is 11.9 Å². The first-order valence-electron chi connectivity index (χ1n) is 7.50. The first-order valence-corrected chi connectivity index (χ1v) is 8.49. The molecule has 1 unspecified atom stereocenters. The molecule has 1 aromatic heterocycles. The van der Waals surface area contributed by atoms with E-state index in [1.54, 1.807) is 0 Å². The second-order valence-electron chi connectivity index (χ2n) is 5.58. The molecule has 5 nitrogen and oxygen atoms in total. The fourth-order valence-electron chi connectivity index (χ4n) is 2.47. The van der Waals surface area contributed by atoms with E-state index in [9.17, 15) is 4.79 Å². The lowest BCUT2D eigenvalue weighted by molar-refractivity contribution is -0.119. The summed E-state index contributed by atoms with van der Waals surface area (Å²) >= 11 is 1.39. The topological polar surface area (TPSA) is 70.7 Å². The zero-order valence-electron chi connectivity index (χ0n) is 12.3. The van der Waals surface area contributed by atoms with Crippen molar-refractivity contribution in [2.45, 2.75) is 63.6 Å². The van der Waals surface area contributed by atoms with E-state index < -0.39 is 0 Å². The highest BCUT2D eigenvalue weighted by molar-refractivity contribution is 7.99. The summed E-state index contributed by atoms with van der Waals surface area (Å²) < 4.78 is 0. The lowest BCUT2D eigenvalue weighted by Gasteiger charge is -2.09. The monoisotopic (exact) mass is 296 g/mol. The number of H-pyrrole nitrogens is 1. The Balaban J connectivity index is 1.73. The van der Waals surface area contributed by atoms with Crippen molar-refractivity contribution in [2.24, 2.45) is 5.92 Å². The smallest absolute Gasteiger partial charge is 0.230 e. The van der Waals surface area contributed by atoms with E-state index in [1.807, 2.05) is 6.92 Å². The Morgan fingerprint density at radius 3 is 2.95 bits per heavy atom. The summed E-state index contributed by atoms with van der Waals surface area (Å²) in [5.41, 5.74) is 0. The number of carbonyl (C=O) groups excluding carboxylic acids is 1. The molecule has 1 amide bonds. The molecule has 0 radical (unpaired) electrons. The van der Waals surface area contributed by atoms with Crippen molar-refractivity contribution in [3.05, 3.63) is 5.82 Å². The number of carbonyl (C=O) groups is 1. The third-order valence-corrected chi connectivity index (χ3v) is 4.67. The summed E-state index contributed by atoms with van der Waals surface area (Å²) in [7, 11) is 0. The Bertz CT molecular complexity index is 429. The molecule has 1 aromatic rings. The second-order valence-corrected chi connectivity index (χ2v) is 6.53. The van der Waals surface area contributed by atoms with E-state index in [0.717, 1.165) is 24.6 Å². The predicted octanol–water partition coefficient (Wildman–Crippen LogP) is 2.54. The van der Waals surface area contributed by atoms with Crippen LogP contribution in [0.25, 0.3) is 0 Å². The van der Waals surface area contributed by atoms with Gasteiger partial charge in [0, 0.05) is 12.5 Å². The first-order chi connectivity index (χ1) is 9.67. The van der Waals surface area contributed by atoms with Gasteiger partial charge in [-0.1, -0.05) is 44.4 Å². The van der Waals surface area contributed by atoms with Crippen LogP contribution in [0.1, 0.15) is 51.8 Å². The number of hydrogen-bond donors (Lipinski definition) is 2. The zero-order chi connectivity index (χ0) is 14.4. The minimum Gasteiger partial charge on any atom is -0.353 e. The summed E-state index contributed by atoms with van der Waals surface area (Å²) in [4.78, 5) is 16.1. The molecule has 1 aliphatic carbocycles. The van der Waals surface area contributed by atoms with Gasteiger partial charge in [0.1, 0.15) is 5.82 Å². The van der Waals surface area contributed by atoms with E-state index in [2.05, 4.69) is 27.4 Å². The van der Waals surface area contributed by atoms with Gasteiger partial charge in [-0.05, 0) is 19.3 Å². The fourth-order valence-corrected chi connectivity index (χ4v) is 3.10. The van der Waals surface area contributed by atoms with Crippen molar-refractivity contribution in [2.75, 3.05) is 5.75 Å². The van der Waals surface area contributed by atoms with Crippen LogP contribution >= 0.6 is 11.8 Å². The van der Waals surface area contributed by atoms with Gasteiger partial charge in [-0.2, -0.15) is 0 Å². The highest BCUT2D eigenvalue weighted by atomic mass is 32.2. The molecule has 2 rings (SSSR count). The predicted molar refractivity (Wildman–Crippen MR) is 80.7 cm³/mol. The number of hydrogen-bond acceptors (Lipinski definition) is 4. The lowest BCUT2D eigenvalue weighted by atomic mass is 10.0. The van der Waals surface area contributed by atoms with Crippen molar-refractivity contribution >= 4 is 17.7 Å². The van der Waals surface area contributed by atoms with Crippen molar-refractivity contribution in [3.8, 4) is 0 Å². The maximum absolute atomic E-state index is 11.7. The Morgan fingerprint density at radius 1 is 1.50 bits per heavy atom. The Hall–Kier alpha value is -1.04. The lowest BCUT2D eigenvalue weighted by Crippen LogP contribution is -2.33. The number of nitrogens with one attached hydrogen (secondary N) is 2. The van der Waals surface area contributed by atoms with Crippen molar-refractivity contribution < 1.29 is 4.79 Å². The molecule has 0 spiro atoms. The Kier molecular flexibility index (Phi) is 5.88. The minimum absolute atomic E-state index is 0.0477. The molecule has 1 fully saturated rings. The molecule has 1 saturated carbocycles. The molecule has 1 atom stereocenters. The summed E-state index contributed by atoms with van der Waals surface area (Å²) in [6.45, 7) is 4.07. The standard InChI is InChI=1S/C14H24N4OS/c1-3-10(2)15-13(19)9-20-14-16-12(17-18-14)8-11-6-4-5-7-11/h10-11H,3-9H2,1-2H3,(H,15,19)(H,16,17,18). The van der Waals surface area contributed by atoms with Crippen LogP contribution < -0.4 is 5.32 Å². The fraction of sp³-hybridized carbons (Fsp3) is 0.786. The number of amides is 1. The average molecular weight is 296 g/mol. The van der Waals surface area contributed by atoms with Gasteiger partial charge in [0.2, 0.25) is 11.1 Å². The zero-order valence-corrected chi connectivity index (χ0v) is 13.1. The van der Waals surface area contributed by atoms with Crippen LogP contribution in [0.4, 0.5) is 0 Å². The van der Waals surface area contributed by atoms with Crippen LogP contribution in [0, 0.1) is 5.92 Å². The molecule has 6 heteroatoms. The van der Waals surface area contributed by atoms with Crippen LogP contribution in [-0.2, 0) is 11.2 Å². The number of aromatic amines is 1. The van der Waals surface area contributed by atoms with Crippen molar-refractivity contribution in [1.82, 2.24) is 20.5 Å². The molecule has 0 bridgehead atoms. The van der Waals surface area contributed by atoms with E-state index in [0.29, 0.717) is 10.9 Å². The quantitative estimate of drug-likeness (QED) is 0.759. The molecule has 0 saturated heterocycles. The molecule has 0 aliphatic heterocycles. The van der Waals surface area contributed by atoms with Crippen molar-refractivity contribution in [1.29, 1.82) is 0 Å². The summed E-state index contributed by atoms with van der Waals surface area (Å²) in [6, 6.07) is 0.230. The molecular formula is C14H24N4OS. The number of rotatable bonds is 7. The number of aromatic nitrogens is 3. The van der Waals surface area contributed by atoms with Crippen LogP contribution in [0.3, 0.4) is 0 Å². The molecule has 112 valence electrons. The first kappa shape index (κ1) is 15.4. The van der Waals surface area contributed by atoms with Crippen LogP contribution in [0.5, 0.6) is 0 Å². The Labute approximate surface area is 124 Å². The highest BCUT2D eigenvalue weighted by Gasteiger charge is 2.17. The SMILES string of the molecule is CCC(C)NC(=O)CSc1n[nH]c(CC2CCCC2)n1. The van der Waals surface area contributed by atoms with E-state index in [4.69, 9.17) is 0 Å². The maximum Gasteiger partial charge on any atom is 0.230 e. The van der Waals surface area contributed by atoms with Gasteiger partial charge in [0.15, 0.2) is 0 Å². The normalized spacial score (nSPS) is 17.3. The van der Waals surface area contributed by atoms with Crippen molar-refractivity contribution in [3.63, 3.8) is 0 Å². The van der Waals surface area contributed by atoms with Gasteiger partial charge >= 0.3 is 0 Å². The van der Waals surface area contributed by atoms with Gasteiger partial charge < -0.3 is 5.32 Å². The van der Waals surface area contributed by atoms with Gasteiger partial charge in [-0.25, -0.2) is 4.98 Å². The van der Waals surface area contributed by atoms with Gasteiger partial charge in [0.25, 0.3) is 0 Å². The van der Waals surface area contributed by atoms with Gasteiger partial charge in [0.05, 0.1) is 5.75 Å². The summed E-state index contributed by atoms with van der Waals surface area (Å²) in [5.74, 6) is 2.15. The summed E-state index contributed by atoms with van der Waals surface area (Å²) in [5, 5.41) is 10.8. The molecular weight excluding hydrogens is 272 g/mol. The molecule has 20 heavy (non-hydrogen) atoms. The van der Waals surface area contributed by atoms with E-state index in [1.165, 1.54) is 37.4 Å². The minimum atomic E-state index is 0.0477. The maximum atomic E-state index is 11.7. The third kappa shape index (κ3) is 4.81. The largest absolute Gasteiger partial charge is 0.353 e. The molecule has 1 heterocycles. The molecule has 0 aromatic carbocycles. The summed E-state index contributed by atoms with van der Waals surface area (Å²) in [6.07, 6.45) is 7.24. The van der Waals surface area contributed by atoms with Crippen LogP contribution in [0.2, 0.25) is 0 Å². The molecule has 2 N–H and O–H groups in total. The highest BCUT2D eigenvalue weighted by Crippen LogP contribution is 2.27.